The number of nitrogens with zero attached hydrogens (tertiary/aromatic N) is 3. The van der Waals surface area contributed by atoms with Gasteiger partial charge in [0, 0.05) is 19.6 Å². The van der Waals surface area contributed by atoms with Crippen molar-refractivity contribution >= 4 is 5.91 Å². The summed E-state index contributed by atoms with van der Waals surface area (Å²) in [5, 5.41) is 0. The summed E-state index contributed by atoms with van der Waals surface area (Å²) in [6.45, 7) is 4.53. The van der Waals surface area contributed by atoms with E-state index in [1.54, 1.807) is 11.2 Å². The average molecular weight is 345 g/mol. The summed E-state index contributed by atoms with van der Waals surface area (Å²) in [4.78, 5) is 19.1. The molecule has 2 saturated carbocycles. The first kappa shape index (κ1) is 17.1. The molecule has 138 valence electrons. The summed E-state index contributed by atoms with van der Waals surface area (Å²) < 4.78 is 5.33. The first-order chi connectivity index (χ1) is 12.1. The van der Waals surface area contributed by atoms with Gasteiger partial charge < -0.3 is 14.2 Å². The molecule has 1 spiro atoms. The van der Waals surface area contributed by atoms with Gasteiger partial charge in [0.1, 0.15) is 5.76 Å². The van der Waals surface area contributed by atoms with Crippen LogP contribution in [0.5, 0.6) is 0 Å². The Hall–Kier alpha value is -1.33. The standard InChI is InChI=1S/C20H31N3O2/c1-21(17-5-6-17)13-16-12-20(16)7-9-23(10-8-20)15-19(24)22(2)14-18-4-3-11-25-18/h3-4,11,16-17H,5-10,12-15H2,1-2H3. The lowest BCUT2D eigenvalue weighted by Crippen LogP contribution is -2.43. The molecule has 1 atom stereocenters. The van der Waals surface area contributed by atoms with E-state index in [-0.39, 0.29) is 5.91 Å². The maximum Gasteiger partial charge on any atom is 0.236 e. The van der Waals surface area contributed by atoms with Crippen LogP contribution < -0.4 is 0 Å². The minimum Gasteiger partial charge on any atom is -0.467 e. The Morgan fingerprint density at radius 3 is 2.72 bits per heavy atom. The molecule has 1 aromatic heterocycles. The molecule has 2 aliphatic carbocycles. The highest BCUT2D eigenvalue weighted by molar-refractivity contribution is 5.77. The Kier molecular flexibility index (Phi) is 4.63. The SMILES string of the molecule is CN(Cc1ccco1)C(=O)CN1CCC2(CC1)CC2CN(C)C1CC1. The molecule has 1 saturated heterocycles. The van der Waals surface area contributed by atoms with Crippen LogP contribution in [0, 0.1) is 11.3 Å². The third kappa shape index (κ3) is 3.93. The van der Waals surface area contributed by atoms with E-state index in [9.17, 15) is 4.79 Å². The van der Waals surface area contributed by atoms with Crippen molar-refractivity contribution in [2.75, 3.05) is 40.3 Å². The molecular weight excluding hydrogens is 314 g/mol. The summed E-state index contributed by atoms with van der Waals surface area (Å²) in [6.07, 6.45) is 8.40. The lowest BCUT2D eigenvalue weighted by atomic mass is 9.90. The van der Waals surface area contributed by atoms with E-state index in [2.05, 4.69) is 16.8 Å². The molecule has 1 aliphatic heterocycles. The highest BCUT2D eigenvalue weighted by atomic mass is 16.3. The van der Waals surface area contributed by atoms with Gasteiger partial charge in [0.25, 0.3) is 0 Å². The fraction of sp³-hybridized carbons (Fsp3) is 0.750. The van der Waals surface area contributed by atoms with Crippen molar-refractivity contribution in [3.05, 3.63) is 24.2 Å². The predicted octanol–water partition coefficient (Wildman–Crippen LogP) is 2.43. The van der Waals surface area contributed by atoms with Crippen molar-refractivity contribution in [2.24, 2.45) is 11.3 Å². The number of carbonyl (C=O) groups excluding carboxylic acids is 1. The van der Waals surface area contributed by atoms with E-state index in [0.717, 1.165) is 30.8 Å². The highest BCUT2D eigenvalue weighted by Gasteiger charge is 2.55. The third-order valence-electron chi connectivity index (χ3n) is 6.65. The molecule has 0 N–H and O–H groups in total. The predicted molar refractivity (Wildman–Crippen MR) is 97.0 cm³/mol. The Morgan fingerprint density at radius 1 is 1.32 bits per heavy atom. The van der Waals surface area contributed by atoms with Gasteiger partial charge >= 0.3 is 0 Å². The monoisotopic (exact) mass is 345 g/mol. The van der Waals surface area contributed by atoms with Gasteiger partial charge in [0.15, 0.2) is 0 Å². The molecular formula is C20H31N3O2. The molecule has 5 nitrogen and oxygen atoms in total. The minimum atomic E-state index is 0.188. The molecule has 3 aliphatic rings. The smallest absolute Gasteiger partial charge is 0.236 e. The fourth-order valence-electron chi connectivity index (χ4n) is 4.51. The highest BCUT2D eigenvalue weighted by Crippen LogP contribution is 2.59. The molecule has 1 amide bonds. The van der Waals surface area contributed by atoms with Crippen LogP contribution in [0.1, 0.15) is 37.9 Å². The van der Waals surface area contributed by atoms with Crippen molar-refractivity contribution in [2.45, 2.75) is 44.7 Å². The average Bonchev–Trinajstić information content (AvgIpc) is 3.50. The maximum absolute atomic E-state index is 12.4. The summed E-state index contributed by atoms with van der Waals surface area (Å²) in [5.74, 6) is 1.93. The van der Waals surface area contributed by atoms with Crippen LogP contribution >= 0.6 is 0 Å². The lowest BCUT2D eigenvalue weighted by Gasteiger charge is -2.33. The quantitative estimate of drug-likeness (QED) is 0.761. The summed E-state index contributed by atoms with van der Waals surface area (Å²) >= 11 is 0. The van der Waals surface area contributed by atoms with Gasteiger partial charge in [0.05, 0.1) is 19.4 Å². The van der Waals surface area contributed by atoms with Gasteiger partial charge in [0.2, 0.25) is 5.91 Å². The number of carbonyl (C=O) groups is 1. The summed E-state index contributed by atoms with van der Waals surface area (Å²) in [6, 6.07) is 4.66. The molecule has 0 bridgehead atoms. The van der Waals surface area contributed by atoms with Crippen molar-refractivity contribution in [1.29, 1.82) is 0 Å². The van der Waals surface area contributed by atoms with E-state index in [4.69, 9.17) is 4.42 Å². The number of hydrogen-bond donors (Lipinski definition) is 0. The van der Waals surface area contributed by atoms with E-state index >= 15 is 0 Å². The number of rotatable bonds is 7. The lowest BCUT2D eigenvalue weighted by molar-refractivity contribution is -0.132. The van der Waals surface area contributed by atoms with Gasteiger partial charge in [-0.05, 0) is 75.7 Å². The van der Waals surface area contributed by atoms with E-state index in [1.165, 1.54) is 38.6 Å². The molecule has 25 heavy (non-hydrogen) atoms. The zero-order valence-electron chi connectivity index (χ0n) is 15.6. The van der Waals surface area contributed by atoms with Gasteiger partial charge in [-0.2, -0.15) is 0 Å². The minimum absolute atomic E-state index is 0.188. The van der Waals surface area contributed by atoms with E-state index < -0.39 is 0 Å². The third-order valence-corrected chi connectivity index (χ3v) is 6.65. The molecule has 0 aromatic carbocycles. The van der Waals surface area contributed by atoms with Crippen LogP contribution in [-0.4, -0.2) is 66.9 Å². The number of hydrogen-bond acceptors (Lipinski definition) is 4. The van der Waals surface area contributed by atoms with Crippen LogP contribution in [-0.2, 0) is 11.3 Å². The summed E-state index contributed by atoms with van der Waals surface area (Å²) in [5.41, 5.74) is 0.600. The molecule has 3 fully saturated rings. The Labute approximate surface area is 150 Å². The van der Waals surface area contributed by atoms with Crippen molar-refractivity contribution in [3.63, 3.8) is 0 Å². The van der Waals surface area contributed by atoms with Crippen LogP contribution in [0.2, 0.25) is 0 Å². The normalized spacial score (nSPS) is 25.5. The molecule has 4 rings (SSSR count). The van der Waals surface area contributed by atoms with Crippen molar-refractivity contribution < 1.29 is 9.21 Å². The molecule has 1 unspecified atom stereocenters. The Morgan fingerprint density at radius 2 is 2.08 bits per heavy atom. The molecule has 0 radical (unpaired) electrons. The Balaban J connectivity index is 1.19. The second kappa shape index (κ2) is 6.76. The molecule has 1 aromatic rings. The first-order valence-electron chi connectivity index (χ1n) is 9.75. The van der Waals surface area contributed by atoms with Crippen molar-refractivity contribution in [3.8, 4) is 0 Å². The topological polar surface area (TPSA) is 39.9 Å². The number of piperidine rings is 1. The van der Waals surface area contributed by atoms with Gasteiger partial charge in [-0.1, -0.05) is 0 Å². The zero-order chi connectivity index (χ0) is 17.4. The largest absolute Gasteiger partial charge is 0.467 e. The fourth-order valence-corrected chi connectivity index (χ4v) is 4.51. The second-order valence-corrected chi connectivity index (χ2v) is 8.54. The zero-order valence-corrected chi connectivity index (χ0v) is 15.6. The van der Waals surface area contributed by atoms with Crippen molar-refractivity contribution in [1.82, 2.24) is 14.7 Å². The number of amides is 1. The number of likely N-dealkylation sites (tertiary alicyclic amines) is 1. The van der Waals surface area contributed by atoms with E-state index in [0.29, 0.717) is 18.5 Å². The Bertz CT molecular complexity index is 588. The molecule has 2 heterocycles. The summed E-state index contributed by atoms with van der Waals surface area (Å²) in [7, 11) is 4.16. The van der Waals surface area contributed by atoms with E-state index in [1.807, 2.05) is 19.2 Å². The van der Waals surface area contributed by atoms with Crippen LogP contribution in [0.3, 0.4) is 0 Å². The maximum atomic E-state index is 12.4. The van der Waals surface area contributed by atoms with Crippen LogP contribution in [0.15, 0.2) is 22.8 Å². The van der Waals surface area contributed by atoms with Gasteiger partial charge in [-0.25, -0.2) is 0 Å². The van der Waals surface area contributed by atoms with Gasteiger partial charge in [-0.3, -0.25) is 9.69 Å². The number of furan rings is 1. The number of likely N-dealkylation sites (N-methyl/N-ethyl adjacent to an activating group) is 1. The van der Waals surface area contributed by atoms with Gasteiger partial charge in [-0.15, -0.1) is 0 Å². The second-order valence-electron chi connectivity index (χ2n) is 8.54. The van der Waals surface area contributed by atoms with Crippen LogP contribution in [0.4, 0.5) is 0 Å². The first-order valence-corrected chi connectivity index (χ1v) is 9.75. The van der Waals surface area contributed by atoms with Crippen LogP contribution in [0.25, 0.3) is 0 Å². The molecule has 5 heteroatoms.